The first-order valence-corrected chi connectivity index (χ1v) is 9.14. The Morgan fingerprint density at radius 1 is 1.23 bits per heavy atom. The molecule has 1 aliphatic carbocycles. The van der Waals surface area contributed by atoms with Crippen molar-refractivity contribution in [1.29, 1.82) is 5.26 Å². The third-order valence-electron chi connectivity index (χ3n) is 5.31. The van der Waals surface area contributed by atoms with E-state index >= 15 is 0 Å². The molecule has 1 saturated carbocycles. The maximum absolute atomic E-state index is 12.7. The van der Waals surface area contributed by atoms with E-state index in [1.165, 1.54) is 0 Å². The Balaban J connectivity index is 1.59. The van der Waals surface area contributed by atoms with Crippen molar-refractivity contribution < 1.29 is 14.4 Å². The van der Waals surface area contributed by atoms with E-state index in [0.717, 1.165) is 31.2 Å². The Morgan fingerprint density at radius 3 is 2.58 bits per heavy atom. The van der Waals surface area contributed by atoms with E-state index in [1.807, 2.05) is 36.4 Å². The molecule has 1 aromatic carbocycles. The van der Waals surface area contributed by atoms with Crippen molar-refractivity contribution in [3.05, 3.63) is 35.9 Å². The van der Waals surface area contributed by atoms with Crippen LogP contribution in [0.4, 0.5) is 0 Å². The number of carbonyl (C=O) groups excluding carboxylic acids is 3. The number of nitrogens with one attached hydrogen (secondary N) is 1. The molecular weight excluding hydrogens is 330 g/mol. The van der Waals surface area contributed by atoms with Gasteiger partial charge in [0.15, 0.2) is 11.7 Å². The summed E-state index contributed by atoms with van der Waals surface area (Å²) in [7, 11) is 0. The minimum absolute atomic E-state index is 0.0309. The fraction of sp³-hybridized carbons (Fsp3) is 0.500. The molecule has 0 bridgehead atoms. The Bertz CT molecular complexity index is 720. The number of nitriles is 1. The number of amides is 2. The van der Waals surface area contributed by atoms with Crippen molar-refractivity contribution in [2.75, 3.05) is 6.54 Å². The highest BCUT2D eigenvalue weighted by Crippen LogP contribution is 2.30. The molecule has 2 atom stereocenters. The van der Waals surface area contributed by atoms with Gasteiger partial charge in [0.25, 0.3) is 0 Å². The molecule has 1 aliphatic heterocycles. The summed E-state index contributed by atoms with van der Waals surface area (Å²) >= 11 is 0. The quantitative estimate of drug-likeness (QED) is 0.790. The van der Waals surface area contributed by atoms with Gasteiger partial charge in [-0.1, -0.05) is 43.2 Å². The van der Waals surface area contributed by atoms with Gasteiger partial charge in [-0.25, -0.2) is 0 Å². The molecule has 3 rings (SSSR count). The second-order valence-corrected chi connectivity index (χ2v) is 7.05. The van der Waals surface area contributed by atoms with E-state index in [9.17, 15) is 19.6 Å². The molecule has 6 nitrogen and oxygen atoms in total. The fourth-order valence-electron chi connectivity index (χ4n) is 3.87. The monoisotopic (exact) mass is 353 g/mol. The van der Waals surface area contributed by atoms with Crippen LogP contribution in [0.5, 0.6) is 0 Å². The molecule has 1 N–H and O–H groups in total. The molecule has 2 amide bonds. The Morgan fingerprint density at radius 2 is 1.92 bits per heavy atom. The summed E-state index contributed by atoms with van der Waals surface area (Å²) in [5, 5.41) is 12.0. The van der Waals surface area contributed by atoms with Crippen molar-refractivity contribution in [1.82, 2.24) is 10.2 Å². The van der Waals surface area contributed by atoms with Gasteiger partial charge in [-0.15, -0.1) is 0 Å². The zero-order valence-corrected chi connectivity index (χ0v) is 14.7. The van der Waals surface area contributed by atoms with Gasteiger partial charge in [-0.05, 0) is 18.4 Å². The number of Topliss-reactive ketones (excluding diaryl/α,β-unsaturated/α-hetero) is 1. The van der Waals surface area contributed by atoms with Crippen LogP contribution in [-0.4, -0.2) is 35.1 Å². The molecule has 2 aliphatic rings. The summed E-state index contributed by atoms with van der Waals surface area (Å²) in [6, 6.07) is 11.3. The number of benzene rings is 1. The van der Waals surface area contributed by atoms with Gasteiger partial charge in [-0.3, -0.25) is 14.4 Å². The van der Waals surface area contributed by atoms with Gasteiger partial charge in [-0.2, -0.15) is 5.26 Å². The van der Waals surface area contributed by atoms with Crippen LogP contribution in [0.1, 0.15) is 37.7 Å². The first kappa shape index (κ1) is 18.1. The Kier molecular flexibility index (Phi) is 5.67. The van der Waals surface area contributed by atoms with Crippen LogP contribution < -0.4 is 5.32 Å². The number of likely N-dealkylation sites (tertiary alicyclic amines) is 1. The molecular formula is C20H23N3O3. The molecule has 136 valence electrons. The van der Waals surface area contributed by atoms with Crippen molar-refractivity contribution in [3.63, 3.8) is 0 Å². The molecule has 1 heterocycles. The number of hydrogen-bond donors (Lipinski definition) is 1. The summed E-state index contributed by atoms with van der Waals surface area (Å²) < 4.78 is 0. The van der Waals surface area contributed by atoms with E-state index in [2.05, 4.69) is 5.32 Å². The highest BCUT2D eigenvalue weighted by molar-refractivity contribution is 6.06. The molecule has 0 radical (unpaired) electrons. The maximum atomic E-state index is 12.7. The van der Waals surface area contributed by atoms with E-state index in [1.54, 1.807) is 4.90 Å². The number of nitrogens with zero attached hydrogens (tertiary/aromatic N) is 2. The fourth-order valence-corrected chi connectivity index (χ4v) is 3.87. The first-order valence-electron chi connectivity index (χ1n) is 9.14. The summed E-state index contributed by atoms with van der Waals surface area (Å²) in [4.78, 5) is 39.0. The largest absolute Gasteiger partial charge is 0.350 e. The average Bonchev–Trinajstić information content (AvgIpc) is 3.30. The lowest BCUT2D eigenvalue weighted by atomic mass is 9.92. The normalized spacial score (nSPS) is 21.4. The minimum Gasteiger partial charge on any atom is -0.350 e. The smallest absolute Gasteiger partial charge is 0.245 e. The van der Waals surface area contributed by atoms with Crippen molar-refractivity contribution in [3.8, 4) is 6.07 Å². The summed E-state index contributed by atoms with van der Waals surface area (Å²) in [5.41, 5.74) is 0.897. The third kappa shape index (κ3) is 3.93. The van der Waals surface area contributed by atoms with Crippen molar-refractivity contribution >= 4 is 17.6 Å². The lowest BCUT2D eigenvalue weighted by Gasteiger charge is -2.24. The third-order valence-corrected chi connectivity index (χ3v) is 5.31. The first-order chi connectivity index (χ1) is 12.6. The van der Waals surface area contributed by atoms with Crippen LogP contribution in [0.2, 0.25) is 0 Å². The second kappa shape index (κ2) is 8.13. The predicted octanol–water partition coefficient (Wildman–Crippen LogP) is 1.80. The van der Waals surface area contributed by atoms with Gasteiger partial charge in [0, 0.05) is 31.5 Å². The SMILES string of the molecule is N#C[C@@H](C(=O)NCc1ccccc1)C(=O)[C@H]1CC(=O)N(C2CCCC2)C1. The minimum atomic E-state index is -1.36. The molecule has 6 heteroatoms. The highest BCUT2D eigenvalue weighted by Gasteiger charge is 2.42. The van der Waals surface area contributed by atoms with Crippen LogP contribution in [0, 0.1) is 23.2 Å². The number of ketones is 1. The number of hydrogen-bond acceptors (Lipinski definition) is 4. The molecule has 0 spiro atoms. The van der Waals surface area contributed by atoms with Crippen LogP contribution >= 0.6 is 0 Å². The van der Waals surface area contributed by atoms with E-state index in [-0.39, 0.29) is 24.9 Å². The maximum Gasteiger partial charge on any atom is 0.245 e. The molecule has 1 aromatic rings. The van der Waals surface area contributed by atoms with Crippen molar-refractivity contribution in [2.45, 2.75) is 44.7 Å². The van der Waals surface area contributed by atoms with E-state index in [4.69, 9.17) is 0 Å². The lowest BCUT2D eigenvalue weighted by molar-refractivity contribution is -0.134. The molecule has 1 saturated heterocycles. The van der Waals surface area contributed by atoms with E-state index in [0.29, 0.717) is 6.54 Å². The van der Waals surface area contributed by atoms with Gasteiger partial charge < -0.3 is 10.2 Å². The second-order valence-electron chi connectivity index (χ2n) is 7.05. The zero-order chi connectivity index (χ0) is 18.5. The van der Waals surface area contributed by atoms with Gasteiger partial charge in [0.2, 0.25) is 11.8 Å². The predicted molar refractivity (Wildman–Crippen MR) is 94.5 cm³/mol. The topological polar surface area (TPSA) is 90.3 Å². The molecule has 0 unspecified atom stereocenters. The number of rotatable bonds is 6. The van der Waals surface area contributed by atoms with Crippen LogP contribution in [0.25, 0.3) is 0 Å². The summed E-state index contributed by atoms with van der Waals surface area (Å²) in [6.07, 6.45) is 4.28. The van der Waals surface area contributed by atoms with Crippen LogP contribution in [-0.2, 0) is 20.9 Å². The van der Waals surface area contributed by atoms with Crippen LogP contribution in [0.3, 0.4) is 0 Å². The Labute approximate surface area is 153 Å². The average molecular weight is 353 g/mol. The Hall–Kier alpha value is -2.68. The van der Waals surface area contributed by atoms with Crippen LogP contribution in [0.15, 0.2) is 30.3 Å². The number of carbonyl (C=O) groups is 3. The highest BCUT2D eigenvalue weighted by atomic mass is 16.2. The zero-order valence-electron chi connectivity index (χ0n) is 14.7. The van der Waals surface area contributed by atoms with Gasteiger partial charge in [0.05, 0.1) is 6.07 Å². The van der Waals surface area contributed by atoms with Gasteiger partial charge >= 0.3 is 0 Å². The lowest BCUT2D eigenvalue weighted by Crippen LogP contribution is -2.39. The summed E-state index contributed by atoms with van der Waals surface area (Å²) in [5.74, 6) is -2.98. The standard InChI is InChI=1S/C20H23N3O3/c21-11-17(20(26)22-12-14-6-2-1-3-7-14)19(25)15-10-18(24)23(13-15)16-8-4-5-9-16/h1-3,6-7,15-17H,4-5,8-10,12-13H2,(H,22,26)/t15-,17+/m0/s1. The molecule has 2 fully saturated rings. The van der Waals surface area contributed by atoms with Gasteiger partial charge in [0.1, 0.15) is 0 Å². The molecule has 26 heavy (non-hydrogen) atoms. The molecule has 0 aromatic heterocycles. The van der Waals surface area contributed by atoms with Crippen molar-refractivity contribution in [2.24, 2.45) is 11.8 Å². The van der Waals surface area contributed by atoms with E-state index < -0.39 is 23.5 Å². The summed E-state index contributed by atoms with van der Waals surface area (Å²) in [6.45, 7) is 0.607.